The van der Waals surface area contributed by atoms with Gasteiger partial charge in [-0.15, -0.1) is 0 Å². The number of anilines is 1. The number of piperazine rings is 1. The van der Waals surface area contributed by atoms with Crippen molar-refractivity contribution >= 4 is 32.8 Å². The summed E-state index contributed by atoms with van der Waals surface area (Å²) in [6, 6.07) is 5.52. The van der Waals surface area contributed by atoms with Gasteiger partial charge in [0.15, 0.2) is 9.84 Å². The van der Waals surface area contributed by atoms with E-state index in [1.165, 1.54) is 7.11 Å². The molecule has 0 spiro atoms. The number of nitrogens with zero attached hydrogens (tertiary/aromatic N) is 6. The van der Waals surface area contributed by atoms with Crippen molar-refractivity contribution in [3.05, 3.63) is 24.4 Å². The van der Waals surface area contributed by atoms with Crippen molar-refractivity contribution in [1.82, 2.24) is 24.8 Å². The fraction of sp³-hybridized carbons (Fsp3) is 0.444. The van der Waals surface area contributed by atoms with Crippen molar-refractivity contribution in [3.8, 4) is 11.5 Å². The van der Waals surface area contributed by atoms with E-state index in [0.29, 0.717) is 38.0 Å². The molecule has 2 saturated heterocycles. The van der Waals surface area contributed by atoms with Crippen LogP contribution in [0, 0.1) is 0 Å². The maximum absolute atomic E-state index is 11.6. The van der Waals surface area contributed by atoms with E-state index in [-0.39, 0.29) is 23.6 Å². The number of ether oxygens (including phenoxy) is 1. The molecule has 3 aromatic rings. The Morgan fingerprint density at radius 3 is 2.67 bits per heavy atom. The molecular formula is C18H20N6O5S. The Labute approximate surface area is 172 Å². The lowest BCUT2D eigenvalue weighted by atomic mass is 10.1. The molecule has 5 rings (SSSR count). The van der Waals surface area contributed by atoms with E-state index in [4.69, 9.17) is 9.26 Å². The summed E-state index contributed by atoms with van der Waals surface area (Å²) in [6.45, 7) is 2.20. The molecule has 2 fully saturated rings. The first-order valence-corrected chi connectivity index (χ1v) is 11.4. The van der Waals surface area contributed by atoms with Gasteiger partial charge in [0.2, 0.25) is 0 Å². The number of amides is 1. The minimum absolute atomic E-state index is 0.107. The van der Waals surface area contributed by atoms with E-state index in [0.717, 1.165) is 16.5 Å². The maximum atomic E-state index is 11.6. The Morgan fingerprint density at radius 1 is 1.20 bits per heavy atom. The second-order valence-corrected chi connectivity index (χ2v) is 9.59. The Morgan fingerprint density at radius 2 is 1.97 bits per heavy atom. The number of benzene rings is 1. The highest BCUT2D eigenvalue weighted by atomic mass is 32.2. The van der Waals surface area contributed by atoms with Gasteiger partial charge < -0.3 is 19.1 Å². The number of rotatable bonds is 3. The van der Waals surface area contributed by atoms with Gasteiger partial charge in [0.05, 0.1) is 36.4 Å². The first-order valence-electron chi connectivity index (χ1n) is 9.53. The summed E-state index contributed by atoms with van der Waals surface area (Å²) in [5, 5.41) is 9.36. The second-order valence-electron chi connectivity index (χ2n) is 7.44. The van der Waals surface area contributed by atoms with Crippen LogP contribution >= 0.6 is 0 Å². The van der Waals surface area contributed by atoms with Gasteiger partial charge in [-0.3, -0.25) is 4.68 Å². The van der Waals surface area contributed by atoms with Crippen LogP contribution in [0.25, 0.3) is 22.4 Å². The van der Waals surface area contributed by atoms with Gasteiger partial charge in [0.1, 0.15) is 0 Å². The van der Waals surface area contributed by atoms with Crippen molar-refractivity contribution in [2.45, 2.75) is 6.04 Å². The molecule has 1 aromatic carbocycles. The van der Waals surface area contributed by atoms with Gasteiger partial charge in [-0.2, -0.15) is 10.1 Å². The lowest BCUT2D eigenvalue weighted by molar-refractivity contribution is 0.121. The summed E-state index contributed by atoms with van der Waals surface area (Å²) in [5.41, 5.74) is 1.57. The number of carbonyl (C=O) groups excluding carboxylic acids is 1. The summed E-state index contributed by atoms with van der Waals surface area (Å²) in [4.78, 5) is 19.7. The third kappa shape index (κ3) is 3.26. The molecule has 12 heteroatoms. The van der Waals surface area contributed by atoms with Crippen LogP contribution in [0.3, 0.4) is 0 Å². The molecule has 0 bridgehead atoms. The Hall–Kier alpha value is -3.15. The highest BCUT2D eigenvalue weighted by Crippen LogP contribution is 2.30. The first kappa shape index (κ1) is 18.9. The van der Waals surface area contributed by atoms with Crippen LogP contribution in [0.4, 0.5) is 10.7 Å². The average molecular weight is 432 g/mol. The molecule has 2 aliphatic heterocycles. The highest BCUT2D eigenvalue weighted by molar-refractivity contribution is 7.92. The molecular weight excluding hydrogens is 412 g/mol. The Kier molecular flexibility index (Phi) is 4.38. The van der Waals surface area contributed by atoms with Crippen molar-refractivity contribution in [3.63, 3.8) is 0 Å². The quantitative estimate of drug-likeness (QED) is 0.595. The monoisotopic (exact) mass is 432 g/mol. The maximum Gasteiger partial charge on any atom is 0.409 e. The predicted octanol–water partition coefficient (Wildman–Crippen LogP) is 0.944. The van der Waals surface area contributed by atoms with Crippen LogP contribution in [-0.4, -0.2) is 84.1 Å². The van der Waals surface area contributed by atoms with Crippen LogP contribution in [-0.2, 0) is 14.6 Å². The summed E-state index contributed by atoms with van der Waals surface area (Å²) >= 11 is 0. The molecule has 0 saturated carbocycles. The number of carbonyl (C=O) groups is 1. The first-order chi connectivity index (χ1) is 14.4. The molecule has 2 aliphatic rings. The Bertz CT molecular complexity index is 1200. The van der Waals surface area contributed by atoms with Crippen molar-refractivity contribution in [1.29, 1.82) is 0 Å². The fourth-order valence-electron chi connectivity index (χ4n) is 3.82. The zero-order valence-corrected chi connectivity index (χ0v) is 17.1. The zero-order chi connectivity index (χ0) is 20.9. The topological polar surface area (TPSA) is 124 Å². The number of sulfone groups is 1. The van der Waals surface area contributed by atoms with Crippen LogP contribution in [0.2, 0.25) is 0 Å². The van der Waals surface area contributed by atoms with Crippen LogP contribution < -0.4 is 4.90 Å². The summed E-state index contributed by atoms with van der Waals surface area (Å²) in [6.07, 6.45) is 1.39. The molecule has 0 atom stereocenters. The van der Waals surface area contributed by atoms with Crippen LogP contribution in [0.5, 0.6) is 0 Å². The van der Waals surface area contributed by atoms with Crippen LogP contribution in [0.1, 0.15) is 6.04 Å². The summed E-state index contributed by atoms with van der Waals surface area (Å²) < 4.78 is 35.0. The zero-order valence-electron chi connectivity index (χ0n) is 16.3. The summed E-state index contributed by atoms with van der Waals surface area (Å²) in [5.74, 6) is 1.05. The number of hydrogen-bond donors (Lipinski definition) is 0. The second kappa shape index (κ2) is 6.97. The fourth-order valence-corrected chi connectivity index (χ4v) is 5.18. The highest BCUT2D eigenvalue weighted by Gasteiger charge is 2.36. The predicted molar refractivity (Wildman–Crippen MR) is 107 cm³/mol. The lowest BCUT2D eigenvalue weighted by Gasteiger charge is -2.32. The van der Waals surface area contributed by atoms with E-state index in [2.05, 4.69) is 15.2 Å². The number of aromatic nitrogens is 4. The van der Waals surface area contributed by atoms with E-state index in [1.807, 2.05) is 23.1 Å². The molecule has 1 amide bonds. The standard InChI is InChI=1S/C18H20N6O5S/c1-28-18(25)23-6-4-22(5-7-23)17-20-16(29-21-17)12-2-3-13-9-19-24(15(13)8-12)14-10-30(26,27)11-14/h2-3,8-9,14H,4-7,10-11H2,1H3. The molecule has 4 heterocycles. The number of methoxy groups -OCH3 is 1. The average Bonchev–Trinajstić information content (AvgIpc) is 3.38. The van der Waals surface area contributed by atoms with Crippen molar-refractivity contribution in [2.75, 3.05) is 49.7 Å². The van der Waals surface area contributed by atoms with Gasteiger partial charge >= 0.3 is 6.09 Å². The van der Waals surface area contributed by atoms with Gasteiger partial charge in [0.25, 0.3) is 11.8 Å². The van der Waals surface area contributed by atoms with Gasteiger partial charge in [-0.25, -0.2) is 13.2 Å². The van der Waals surface area contributed by atoms with Gasteiger partial charge in [-0.1, -0.05) is 6.07 Å². The number of fused-ring (bicyclic) bond motifs is 1. The summed E-state index contributed by atoms with van der Waals surface area (Å²) in [7, 11) is -1.58. The molecule has 0 aliphatic carbocycles. The van der Waals surface area contributed by atoms with E-state index >= 15 is 0 Å². The lowest BCUT2D eigenvalue weighted by Crippen LogP contribution is -2.49. The molecule has 0 radical (unpaired) electrons. The Balaban J connectivity index is 1.35. The molecule has 11 nitrogen and oxygen atoms in total. The largest absolute Gasteiger partial charge is 0.453 e. The number of hydrogen-bond acceptors (Lipinski definition) is 9. The SMILES string of the molecule is COC(=O)N1CCN(c2noc(-c3ccc4cnn(C5CS(=O)(=O)C5)c4c3)n2)CC1. The smallest absolute Gasteiger partial charge is 0.409 e. The van der Waals surface area contributed by atoms with Gasteiger partial charge in [-0.05, 0) is 17.3 Å². The third-order valence-corrected chi connectivity index (χ3v) is 7.28. The normalized spacial score (nSPS) is 19.1. The minimum atomic E-state index is -2.95. The molecule has 2 aromatic heterocycles. The molecule has 0 unspecified atom stereocenters. The molecule has 0 N–H and O–H groups in total. The van der Waals surface area contributed by atoms with Gasteiger partial charge in [0, 0.05) is 37.1 Å². The molecule has 158 valence electrons. The van der Waals surface area contributed by atoms with E-state index < -0.39 is 9.84 Å². The van der Waals surface area contributed by atoms with E-state index in [9.17, 15) is 13.2 Å². The minimum Gasteiger partial charge on any atom is -0.453 e. The van der Waals surface area contributed by atoms with Crippen molar-refractivity contribution in [2.24, 2.45) is 0 Å². The van der Waals surface area contributed by atoms with Crippen LogP contribution in [0.15, 0.2) is 28.9 Å². The molecule has 30 heavy (non-hydrogen) atoms. The third-order valence-electron chi connectivity index (χ3n) is 5.49. The van der Waals surface area contributed by atoms with E-state index in [1.54, 1.807) is 15.8 Å². The van der Waals surface area contributed by atoms with Crippen molar-refractivity contribution < 1.29 is 22.5 Å².